The Morgan fingerprint density at radius 3 is 2.84 bits per heavy atom. The van der Waals surface area contributed by atoms with Crippen molar-refractivity contribution >= 4 is 51.0 Å². The van der Waals surface area contributed by atoms with Gasteiger partial charge in [-0.25, -0.2) is 0 Å². The summed E-state index contributed by atoms with van der Waals surface area (Å²) in [6, 6.07) is 16.1. The largest absolute Gasteiger partial charge is 0.377 e. The number of amides is 1. The monoisotopic (exact) mass is 518 g/mol. The summed E-state index contributed by atoms with van der Waals surface area (Å²) in [4.78, 5) is 13.6. The molecule has 1 aromatic heterocycles. The first-order valence-electron chi connectivity index (χ1n) is 9.51. The molecule has 0 spiro atoms. The van der Waals surface area contributed by atoms with Gasteiger partial charge in [0.1, 0.15) is 6.61 Å². The Labute approximate surface area is 199 Å². The van der Waals surface area contributed by atoms with E-state index in [-0.39, 0.29) is 11.7 Å². The maximum atomic E-state index is 12.6. The zero-order chi connectivity index (χ0) is 22.1. The molecule has 3 aromatic rings. The molecular formula is C22H23BrN4O2S2. The average Bonchev–Trinajstić information content (AvgIpc) is 3.14. The van der Waals surface area contributed by atoms with Crippen LogP contribution in [0.3, 0.4) is 0 Å². The van der Waals surface area contributed by atoms with Crippen molar-refractivity contribution in [2.24, 2.45) is 0 Å². The molecule has 0 aliphatic rings. The van der Waals surface area contributed by atoms with E-state index in [1.165, 1.54) is 17.3 Å². The Balaban J connectivity index is 1.60. The van der Waals surface area contributed by atoms with Crippen LogP contribution in [0.1, 0.15) is 11.4 Å². The van der Waals surface area contributed by atoms with E-state index in [0.717, 1.165) is 20.8 Å². The molecule has 1 heterocycles. The van der Waals surface area contributed by atoms with Crippen LogP contribution in [0.4, 0.5) is 5.69 Å². The number of carbonyl (C=O) groups excluding carboxylic acids is 1. The van der Waals surface area contributed by atoms with E-state index in [9.17, 15) is 4.79 Å². The van der Waals surface area contributed by atoms with Gasteiger partial charge in [0.15, 0.2) is 11.0 Å². The van der Waals surface area contributed by atoms with Crippen molar-refractivity contribution in [3.63, 3.8) is 0 Å². The number of thioether (sulfide) groups is 2. The lowest BCUT2D eigenvalue weighted by atomic mass is 10.2. The second-order valence-electron chi connectivity index (χ2n) is 6.48. The Hall–Kier alpha value is -2.07. The van der Waals surface area contributed by atoms with Crippen LogP contribution in [-0.2, 0) is 28.4 Å². The third-order valence-corrected chi connectivity index (χ3v) is 6.76. The predicted octanol–water partition coefficient (Wildman–Crippen LogP) is 5.40. The molecule has 0 atom stereocenters. The lowest BCUT2D eigenvalue weighted by Crippen LogP contribution is -2.15. The van der Waals surface area contributed by atoms with Gasteiger partial charge in [0, 0.05) is 28.8 Å². The second-order valence-corrected chi connectivity index (χ2v) is 9.36. The fraction of sp³-hybridized carbons (Fsp3) is 0.227. The molecule has 0 saturated heterocycles. The number of benzene rings is 2. The normalized spacial score (nSPS) is 10.8. The average molecular weight is 519 g/mol. The van der Waals surface area contributed by atoms with Crippen LogP contribution in [0, 0.1) is 0 Å². The van der Waals surface area contributed by atoms with E-state index in [1.54, 1.807) is 24.9 Å². The third-order valence-electron chi connectivity index (χ3n) is 4.16. The van der Waals surface area contributed by atoms with Gasteiger partial charge in [0.25, 0.3) is 0 Å². The van der Waals surface area contributed by atoms with E-state index in [4.69, 9.17) is 4.74 Å². The van der Waals surface area contributed by atoms with Crippen LogP contribution >= 0.6 is 39.5 Å². The Morgan fingerprint density at radius 1 is 1.23 bits per heavy atom. The molecule has 162 valence electrons. The number of nitrogens with zero attached hydrogens (tertiary/aromatic N) is 3. The second kappa shape index (κ2) is 12.1. The van der Waals surface area contributed by atoms with Gasteiger partial charge in [-0.3, -0.25) is 4.79 Å². The fourth-order valence-electron chi connectivity index (χ4n) is 2.77. The van der Waals surface area contributed by atoms with Crippen molar-refractivity contribution in [3.8, 4) is 0 Å². The van der Waals surface area contributed by atoms with E-state index < -0.39 is 0 Å². The Kier molecular flexibility index (Phi) is 9.20. The van der Waals surface area contributed by atoms with Crippen LogP contribution in [0.25, 0.3) is 0 Å². The summed E-state index contributed by atoms with van der Waals surface area (Å²) in [5.41, 5.74) is 2.02. The molecule has 1 amide bonds. The van der Waals surface area contributed by atoms with E-state index in [1.807, 2.05) is 41.0 Å². The number of hydrogen-bond donors (Lipinski definition) is 1. The topological polar surface area (TPSA) is 69.0 Å². The van der Waals surface area contributed by atoms with Gasteiger partial charge in [-0.15, -0.1) is 28.5 Å². The van der Waals surface area contributed by atoms with Crippen molar-refractivity contribution in [2.75, 3.05) is 18.2 Å². The van der Waals surface area contributed by atoms with E-state index in [2.05, 4.69) is 50.2 Å². The molecule has 1 N–H and O–H groups in total. The fourth-order valence-corrected chi connectivity index (χ4v) is 4.94. The number of methoxy groups -OCH3 is 1. The highest BCUT2D eigenvalue weighted by molar-refractivity contribution is 9.10. The van der Waals surface area contributed by atoms with Gasteiger partial charge in [0.2, 0.25) is 5.91 Å². The first kappa shape index (κ1) is 23.6. The van der Waals surface area contributed by atoms with Crippen LogP contribution in [0.5, 0.6) is 0 Å². The number of para-hydroxylation sites is 1. The molecule has 0 bridgehead atoms. The number of carbonyl (C=O) groups is 1. The summed E-state index contributed by atoms with van der Waals surface area (Å²) in [5.74, 6) is 1.66. The van der Waals surface area contributed by atoms with Crippen molar-refractivity contribution in [3.05, 3.63) is 77.0 Å². The number of anilines is 1. The SMILES string of the molecule is C=CCn1c(COC)nnc1SCC(=O)Nc1ccccc1SCc1cccc(Br)c1. The lowest BCUT2D eigenvalue weighted by Gasteiger charge is -2.11. The quantitative estimate of drug-likeness (QED) is 0.271. The number of halogens is 1. The molecule has 9 heteroatoms. The maximum Gasteiger partial charge on any atom is 0.234 e. The highest BCUT2D eigenvalue weighted by Crippen LogP contribution is 2.30. The highest BCUT2D eigenvalue weighted by atomic mass is 79.9. The van der Waals surface area contributed by atoms with Crippen molar-refractivity contribution in [2.45, 2.75) is 29.0 Å². The molecular weight excluding hydrogens is 496 g/mol. The smallest absolute Gasteiger partial charge is 0.234 e. The number of allylic oxidation sites excluding steroid dienone is 1. The van der Waals surface area contributed by atoms with Gasteiger partial charge in [-0.2, -0.15) is 0 Å². The molecule has 31 heavy (non-hydrogen) atoms. The maximum absolute atomic E-state index is 12.6. The minimum atomic E-state index is -0.0954. The molecule has 0 aliphatic heterocycles. The van der Waals surface area contributed by atoms with Crippen LogP contribution < -0.4 is 5.32 Å². The van der Waals surface area contributed by atoms with Gasteiger partial charge in [-0.1, -0.05) is 58.0 Å². The molecule has 3 rings (SSSR count). The first-order valence-corrected chi connectivity index (χ1v) is 12.3. The highest BCUT2D eigenvalue weighted by Gasteiger charge is 2.14. The minimum Gasteiger partial charge on any atom is -0.377 e. The minimum absolute atomic E-state index is 0.0954. The molecule has 0 fully saturated rings. The molecule has 6 nitrogen and oxygen atoms in total. The molecule has 0 aliphatic carbocycles. The molecule has 0 radical (unpaired) electrons. The van der Waals surface area contributed by atoms with Crippen LogP contribution in [-0.4, -0.2) is 33.5 Å². The number of nitrogens with one attached hydrogen (secondary N) is 1. The summed E-state index contributed by atoms with van der Waals surface area (Å²) >= 11 is 6.53. The summed E-state index contributed by atoms with van der Waals surface area (Å²) in [6.07, 6.45) is 1.77. The standard InChI is InChI=1S/C22H23BrN4O2S2/c1-3-11-27-20(13-29-2)25-26-22(27)31-15-21(28)24-18-9-4-5-10-19(18)30-14-16-7-6-8-17(23)12-16/h3-10,12H,1,11,13-15H2,2H3,(H,24,28). The van der Waals surface area contributed by atoms with E-state index in [0.29, 0.717) is 24.1 Å². The number of ether oxygens (including phenoxy) is 1. The molecule has 0 unspecified atom stereocenters. The summed E-state index contributed by atoms with van der Waals surface area (Å²) in [7, 11) is 1.61. The van der Waals surface area contributed by atoms with Gasteiger partial charge in [0.05, 0.1) is 11.4 Å². The van der Waals surface area contributed by atoms with Gasteiger partial charge in [-0.05, 0) is 29.8 Å². The summed E-state index contributed by atoms with van der Waals surface area (Å²) in [5, 5.41) is 12.0. The Morgan fingerprint density at radius 2 is 2.06 bits per heavy atom. The lowest BCUT2D eigenvalue weighted by molar-refractivity contribution is -0.113. The van der Waals surface area contributed by atoms with Crippen LogP contribution in [0.2, 0.25) is 0 Å². The first-order chi connectivity index (χ1) is 15.1. The van der Waals surface area contributed by atoms with Crippen molar-refractivity contribution < 1.29 is 9.53 Å². The molecule has 2 aromatic carbocycles. The third kappa shape index (κ3) is 6.96. The summed E-state index contributed by atoms with van der Waals surface area (Å²) < 4.78 is 8.11. The predicted molar refractivity (Wildman–Crippen MR) is 130 cm³/mol. The van der Waals surface area contributed by atoms with E-state index >= 15 is 0 Å². The van der Waals surface area contributed by atoms with Crippen molar-refractivity contribution in [1.82, 2.24) is 14.8 Å². The summed E-state index contributed by atoms with van der Waals surface area (Å²) in [6.45, 7) is 4.69. The van der Waals surface area contributed by atoms with Gasteiger partial charge < -0.3 is 14.6 Å². The van der Waals surface area contributed by atoms with Crippen LogP contribution in [0.15, 0.2) is 75.7 Å². The zero-order valence-corrected chi connectivity index (χ0v) is 20.3. The molecule has 0 saturated carbocycles. The number of rotatable bonds is 11. The zero-order valence-electron chi connectivity index (χ0n) is 17.1. The van der Waals surface area contributed by atoms with Gasteiger partial charge >= 0.3 is 0 Å². The van der Waals surface area contributed by atoms with Crippen molar-refractivity contribution in [1.29, 1.82) is 0 Å². The Bertz CT molecular complexity index is 1040. The number of aromatic nitrogens is 3. The number of hydrogen-bond acceptors (Lipinski definition) is 6.